The first-order chi connectivity index (χ1) is 40.3. The zero-order chi connectivity index (χ0) is 57.8. The maximum atomic E-state index is 2.91. The molecule has 0 bridgehead atoms. The molecule has 0 saturated carbocycles. The molecule has 0 amide bonds. The molecule has 1 heterocycles. The number of hydrogen-bond acceptors (Lipinski definition) is 1. The molecule has 480 valence electrons. The third kappa shape index (κ3) is 60.8. The summed E-state index contributed by atoms with van der Waals surface area (Å²) in [6.07, 6.45) is 109. The van der Waals surface area contributed by atoms with Crippen molar-refractivity contribution in [2.24, 2.45) is 0 Å². The van der Waals surface area contributed by atoms with Crippen LogP contribution in [0.4, 0.5) is 0 Å². The molecule has 81 heavy (non-hydrogen) atoms. The van der Waals surface area contributed by atoms with E-state index in [4.69, 9.17) is 0 Å². The molecule has 0 aromatic carbocycles. The Balaban J connectivity index is 2.20. The predicted molar refractivity (Wildman–Crippen MR) is 375 cm³/mol. The maximum absolute atomic E-state index is 2.91. The molecule has 0 unspecified atom stereocenters. The minimum atomic E-state index is 0.643. The van der Waals surface area contributed by atoms with E-state index in [0.29, 0.717) is 6.85 Å². The first-order valence-electron chi connectivity index (χ1n) is 39.5. The molecule has 1 aliphatic heterocycles. The Morgan fingerprint density at radius 1 is 0.222 bits per heavy atom. The van der Waals surface area contributed by atoms with Crippen molar-refractivity contribution in [3.8, 4) is 0 Å². The van der Waals surface area contributed by atoms with Gasteiger partial charge in [0.25, 0.3) is 6.85 Å². The highest BCUT2D eigenvalue weighted by Gasteiger charge is 2.24. The normalized spacial score (nSPS) is 12.7. The number of rotatable bonds is 72. The molecule has 0 aliphatic carbocycles. The lowest BCUT2D eigenvalue weighted by atomic mass is 9.54. The fraction of sp³-hybridized carbons (Fsp3) is 0.949. The van der Waals surface area contributed by atoms with Gasteiger partial charge >= 0.3 is 0 Å². The highest BCUT2D eigenvalue weighted by atomic mass is 15.1. The van der Waals surface area contributed by atoms with E-state index in [1.165, 1.54) is 462 Å². The standard InChI is InChI=1S/C79H156BN/c1-4-7-10-13-16-19-22-25-28-31-34-37-40-43-46-49-52-55-58-61-64-67-70-74-79-75-73-77-80(76-71-68-65-62-59-56-53-50-47-44-41-38-35-32-29-26-23-20-17-14-11-8-5-2)81(79)78-72-69-66-63-60-57-54-51-48-45-42-39-36-33-30-27-24-21-18-15-12-9-6-3/h73,75,77H,4-72,74,76,78H2,1-3H3. The fourth-order valence-electron chi connectivity index (χ4n) is 13.8. The van der Waals surface area contributed by atoms with Gasteiger partial charge in [-0.2, -0.15) is 0 Å². The Hall–Kier alpha value is -0.655. The van der Waals surface area contributed by atoms with Crippen LogP contribution in [0.25, 0.3) is 0 Å². The number of hydrogen-bond donors (Lipinski definition) is 0. The molecule has 0 aromatic heterocycles. The van der Waals surface area contributed by atoms with Gasteiger partial charge in [0.1, 0.15) is 0 Å². The van der Waals surface area contributed by atoms with Gasteiger partial charge in [0.05, 0.1) is 0 Å². The Kier molecular flexibility index (Phi) is 67.8. The number of allylic oxidation sites excluding steroid dienone is 3. The third-order valence-corrected chi connectivity index (χ3v) is 19.5. The highest BCUT2D eigenvalue weighted by Crippen LogP contribution is 2.26. The summed E-state index contributed by atoms with van der Waals surface area (Å²) < 4.78 is 0. The molecule has 0 N–H and O–H groups in total. The van der Waals surface area contributed by atoms with Crippen molar-refractivity contribution < 1.29 is 0 Å². The second kappa shape index (κ2) is 70.1. The van der Waals surface area contributed by atoms with Crippen LogP contribution in [-0.2, 0) is 0 Å². The second-order valence-corrected chi connectivity index (χ2v) is 27.7. The van der Waals surface area contributed by atoms with E-state index in [-0.39, 0.29) is 0 Å². The van der Waals surface area contributed by atoms with Gasteiger partial charge in [0.15, 0.2) is 0 Å². The predicted octanol–water partition coefficient (Wildman–Crippen LogP) is 29.6. The van der Waals surface area contributed by atoms with E-state index in [2.05, 4.69) is 43.7 Å². The first kappa shape index (κ1) is 78.4. The largest absolute Gasteiger partial charge is 0.414 e. The average Bonchev–Trinajstić information content (AvgIpc) is 3.48. The average molecular weight is 1130 g/mol. The summed E-state index contributed by atoms with van der Waals surface area (Å²) in [5.41, 5.74) is 1.68. The molecule has 0 spiro atoms. The summed E-state index contributed by atoms with van der Waals surface area (Å²) in [6.45, 7) is 8.90. The lowest BCUT2D eigenvalue weighted by molar-refractivity contribution is 0.453. The summed E-state index contributed by atoms with van der Waals surface area (Å²) in [4.78, 5) is 2.91. The van der Waals surface area contributed by atoms with E-state index < -0.39 is 0 Å². The van der Waals surface area contributed by atoms with Gasteiger partial charge < -0.3 is 4.81 Å². The molecule has 1 rings (SSSR count). The fourth-order valence-corrected chi connectivity index (χ4v) is 13.8. The Morgan fingerprint density at radius 2 is 0.407 bits per heavy atom. The van der Waals surface area contributed by atoms with E-state index in [1.54, 1.807) is 5.70 Å². The van der Waals surface area contributed by atoms with Crippen LogP contribution in [0.2, 0.25) is 6.32 Å². The van der Waals surface area contributed by atoms with Crippen molar-refractivity contribution in [3.05, 3.63) is 23.8 Å². The van der Waals surface area contributed by atoms with Crippen LogP contribution in [-0.4, -0.2) is 18.2 Å². The second-order valence-electron chi connectivity index (χ2n) is 27.7. The lowest BCUT2D eigenvalue weighted by Gasteiger charge is -2.35. The van der Waals surface area contributed by atoms with Crippen molar-refractivity contribution in [2.75, 3.05) is 6.54 Å². The quantitative estimate of drug-likeness (QED) is 0.0433. The summed E-state index contributed by atoms with van der Waals surface area (Å²) in [5.74, 6) is 2.58. The van der Waals surface area contributed by atoms with Crippen LogP contribution in [0.5, 0.6) is 0 Å². The van der Waals surface area contributed by atoms with Gasteiger partial charge in [0.2, 0.25) is 0 Å². The van der Waals surface area contributed by atoms with E-state index in [1.807, 2.05) is 0 Å². The Morgan fingerprint density at radius 3 is 0.630 bits per heavy atom. The highest BCUT2D eigenvalue weighted by molar-refractivity contribution is 6.62. The van der Waals surface area contributed by atoms with Gasteiger partial charge in [-0.3, -0.25) is 0 Å². The minimum absolute atomic E-state index is 0.643. The summed E-state index contributed by atoms with van der Waals surface area (Å²) in [6, 6.07) is 0. The van der Waals surface area contributed by atoms with Gasteiger partial charge in [-0.25, -0.2) is 0 Å². The van der Waals surface area contributed by atoms with Crippen LogP contribution in [0.15, 0.2) is 23.8 Å². The summed E-state index contributed by atoms with van der Waals surface area (Å²) >= 11 is 0. The number of unbranched alkanes of at least 4 members (excludes halogenated alkanes) is 66. The Labute approximate surface area is 515 Å². The summed E-state index contributed by atoms with van der Waals surface area (Å²) in [7, 11) is 0. The van der Waals surface area contributed by atoms with Crippen molar-refractivity contribution >= 4 is 6.85 Å². The molecule has 0 atom stereocenters. The zero-order valence-electron chi connectivity index (χ0n) is 57.2. The topological polar surface area (TPSA) is 3.24 Å². The van der Waals surface area contributed by atoms with E-state index >= 15 is 0 Å². The molecule has 1 aliphatic rings. The van der Waals surface area contributed by atoms with E-state index in [9.17, 15) is 0 Å². The monoisotopic (exact) mass is 1130 g/mol. The number of nitrogens with zero attached hydrogens (tertiary/aromatic N) is 1. The smallest absolute Gasteiger partial charge is 0.280 e. The molecule has 1 nitrogen and oxygen atoms in total. The molecule has 0 saturated heterocycles. The van der Waals surface area contributed by atoms with Crippen LogP contribution >= 0.6 is 0 Å². The zero-order valence-corrected chi connectivity index (χ0v) is 57.2. The van der Waals surface area contributed by atoms with Gasteiger partial charge in [0, 0.05) is 12.2 Å². The maximum Gasteiger partial charge on any atom is 0.280 e. The molecular formula is C79H156BN. The van der Waals surface area contributed by atoms with Crippen molar-refractivity contribution in [3.63, 3.8) is 0 Å². The van der Waals surface area contributed by atoms with Crippen molar-refractivity contribution in [1.82, 2.24) is 4.81 Å². The van der Waals surface area contributed by atoms with Crippen LogP contribution in [0.1, 0.15) is 470 Å². The lowest BCUT2D eigenvalue weighted by Crippen LogP contribution is -2.39. The first-order valence-corrected chi connectivity index (χ1v) is 39.5. The van der Waals surface area contributed by atoms with Crippen LogP contribution < -0.4 is 0 Å². The minimum Gasteiger partial charge on any atom is -0.414 e. The SMILES string of the molecule is CCCCCCCCCCCCCCCCCCCCCCCCCB1C=CC=C(CCCCCCCCCCCCCCCCCCCCCCCCC)N1CCCCCCCCCCCCCCCCCCCCCCCCC. The van der Waals surface area contributed by atoms with Crippen LogP contribution in [0, 0.1) is 0 Å². The van der Waals surface area contributed by atoms with E-state index in [0.717, 1.165) is 0 Å². The molecule has 0 fully saturated rings. The van der Waals surface area contributed by atoms with Gasteiger partial charge in [-0.1, -0.05) is 463 Å². The third-order valence-electron chi connectivity index (χ3n) is 19.5. The van der Waals surface area contributed by atoms with Crippen LogP contribution in [0.3, 0.4) is 0 Å². The molecule has 0 aromatic rings. The van der Waals surface area contributed by atoms with Crippen molar-refractivity contribution in [2.45, 2.75) is 477 Å². The molecule has 0 radical (unpaired) electrons. The molecular weight excluding hydrogens is 974 g/mol. The Bertz CT molecular complexity index is 1190. The van der Waals surface area contributed by atoms with Gasteiger partial charge in [-0.15, -0.1) is 0 Å². The molecule has 2 heteroatoms. The van der Waals surface area contributed by atoms with Crippen molar-refractivity contribution in [1.29, 1.82) is 0 Å². The van der Waals surface area contributed by atoms with Gasteiger partial charge in [-0.05, 0) is 31.7 Å². The summed E-state index contributed by atoms with van der Waals surface area (Å²) in [5, 5.41) is 0.